The van der Waals surface area contributed by atoms with Crippen molar-refractivity contribution in [1.82, 2.24) is 5.32 Å². The van der Waals surface area contributed by atoms with Gasteiger partial charge in [-0.2, -0.15) is 11.8 Å². The number of benzene rings is 3. The maximum atomic E-state index is 12.9. The van der Waals surface area contributed by atoms with Gasteiger partial charge < -0.3 is 15.4 Å². The number of ether oxygens (including phenoxy) is 1. The zero-order chi connectivity index (χ0) is 22.9. The van der Waals surface area contributed by atoms with Crippen LogP contribution in [0.2, 0.25) is 10.0 Å². The number of anilines is 1. The van der Waals surface area contributed by atoms with E-state index in [4.69, 9.17) is 27.9 Å². The fourth-order valence-corrected chi connectivity index (χ4v) is 3.74. The molecule has 8 heteroatoms. The summed E-state index contributed by atoms with van der Waals surface area (Å²) in [5, 5.41) is 6.48. The van der Waals surface area contributed by atoms with E-state index in [0.29, 0.717) is 45.0 Å². The summed E-state index contributed by atoms with van der Waals surface area (Å²) in [6, 6.07) is 20.1. The lowest BCUT2D eigenvalue weighted by Crippen LogP contribution is -2.44. The first-order valence-corrected chi connectivity index (χ1v) is 12.0. The van der Waals surface area contributed by atoms with Gasteiger partial charge in [0.15, 0.2) is 0 Å². The van der Waals surface area contributed by atoms with Crippen LogP contribution in [-0.2, 0) is 4.79 Å². The van der Waals surface area contributed by atoms with Crippen LogP contribution in [0.25, 0.3) is 0 Å². The predicted molar refractivity (Wildman–Crippen MR) is 132 cm³/mol. The molecular formula is C24H22Cl2N2O3S. The number of amides is 2. The van der Waals surface area contributed by atoms with Gasteiger partial charge in [0.05, 0.1) is 15.6 Å². The Balaban J connectivity index is 1.65. The minimum Gasteiger partial charge on any atom is -0.456 e. The number of carbonyl (C=O) groups excluding carboxylic acids is 2. The zero-order valence-corrected chi connectivity index (χ0v) is 19.6. The summed E-state index contributed by atoms with van der Waals surface area (Å²) in [5.41, 5.74) is 0.917. The highest BCUT2D eigenvalue weighted by atomic mass is 35.5. The molecular weight excluding hydrogens is 467 g/mol. The van der Waals surface area contributed by atoms with Crippen LogP contribution in [0.5, 0.6) is 11.5 Å². The second-order valence-corrected chi connectivity index (χ2v) is 8.63. The molecule has 0 spiro atoms. The van der Waals surface area contributed by atoms with E-state index in [1.165, 1.54) is 0 Å². The molecule has 32 heavy (non-hydrogen) atoms. The molecule has 2 N–H and O–H groups in total. The van der Waals surface area contributed by atoms with Gasteiger partial charge in [0.1, 0.15) is 17.5 Å². The first kappa shape index (κ1) is 24.0. The van der Waals surface area contributed by atoms with Crippen molar-refractivity contribution in [1.29, 1.82) is 0 Å². The van der Waals surface area contributed by atoms with Crippen LogP contribution in [0, 0.1) is 0 Å². The quantitative estimate of drug-likeness (QED) is 0.372. The number of para-hydroxylation sites is 1. The molecule has 1 atom stereocenters. The third-order valence-corrected chi connectivity index (χ3v) is 5.82. The largest absolute Gasteiger partial charge is 0.456 e. The van der Waals surface area contributed by atoms with E-state index in [9.17, 15) is 9.59 Å². The smallest absolute Gasteiger partial charge is 0.253 e. The van der Waals surface area contributed by atoms with Crippen molar-refractivity contribution in [3.63, 3.8) is 0 Å². The second-order valence-electron chi connectivity index (χ2n) is 6.83. The second kappa shape index (κ2) is 11.8. The minimum atomic E-state index is -0.703. The molecule has 3 rings (SSSR count). The van der Waals surface area contributed by atoms with Crippen molar-refractivity contribution in [3.8, 4) is 11.5 Å². The maximum absolute atomic E-state index is 12.9. The SMILES string of the molecule is CSCC[C@@H](NC(=O)c1ccccc1Cl)C(=O)Nc1ccc(Oc2ccccc2Cl)cc1. The van der Waals surface area contributed by atoms with Gasteiger partial charge in [0.2, 0.25) is 5.91 Å². The Bertz CT molecular complexity index is 1080. The van der Waals surface area contributed by atoms with E-state index in [2.05, 4.69) is 10.6 Å². The summed E-state index contributed by atoms with van der Waals surface area (Å²) < 4.78 is 5.77. The van der Waals surface area contributed by atoms with Gasteiger partial charge in [-0.05, 0) is 67.0 Å². The molecule has 3 aromatic carbocycles. The van der Waals surface area contributed by atoms with Gasteiger partial charge in [-0.3, -0.25) is 9.59 Å². The van der Waals surface area contributed by atoms with Crippen LogP contribution in [0.15, 0.2) is 72.8 Å². The molecule has 5 nitrogen and oxygen atoms in total. The van der Waals surface area contributed by atoms with Crippen molar-refractivity contribution in [2.45, 2.75) is 12.5 Å². The van der Waals surface area contributed by atoms with Crippen LogP contribution in [0.3, 0.4) is 0 Å². The molecule has 0 radical (unpaired) electrons. The zero-order valence-electron chi connectivity index (χ0n) is 17.3. The molecule has 0 aromatic heterocycles. The number of thioether (sulfide) groups is 1. The van der Waals surface area contributed by atoms with Crippen LogP contribution in [0.4, 0.5) is 5.69 Å². The fraction of sp³-hybridized carbons (Fsp3) is 0.167. The Labute approximate surface area is 201 Å². The van der Waals surface area contributed by atoms with Crippen LogP contribution in [-0.4, -0.2) is 29.9 Å². The van der Waals surface area contributed by atoms with E-state index in [1.54, 1.807) is 72.4 Å². The number of hydrogen-bond acceptors (Lipinski definition) is 4. The van der Waals surface area contributed by atoms with E-state index in [1.807, 2.05) is 18.4 Å². The Hall–Kier alpha value is -2.67. The van der Waals surface area contributed by atoms with E-state index >= 15 is 0 Å². The molecule has 0 saturated heterocycles. The molecule has 0 bridgehead atoms. The monoisotopic (exact) mass is 488 g/mol. The number of nitrogens with one attached hydrogen (secondary N) is 2. The number of rotatable bonds is 9. The highest BCUT2D eigenvalue weighted by Gasteiger charge is 2.22. The Kier molecular flexibility index (Phi) is 8.85. The predicted octanol–water partition coefficient (Wildman–Crippen LogP) is 6.28. The van der Waals surface area contributed by atoms with Gasteiger partial charge in [0.25, 0.3) is 5.91 Å². The molecule has 3 aromatic rings. The lowest BCUT2D eigenvalue weighted by molar-refractivity contribution is -0.118. The van der Waals surface area contributed by atoms with Gasteiger partial charge in [-0.25, -0.2) is 0 Å². The van der Waals surface area contributed by atoms with Gasteiger partial charge in [-0.1, -0.05) is 47.5 Å². The lowest BCUT2D eigenvalue weighted by atomic mass is 10.1. The summed E-state index contributed by atoms with van der Waals surface area (Å²) in [6.07, 6.45) is 2.43. The normalized spacial score (nSPS) is 11.5. The first-order valence-electron chi connectivity index (χ1n) is 9.85. The van der Waals surface area contributed by atoms with Crippen LogP contribution >= 0.6 is 35.0 Å². The molecule has 0 fully saturated rings. The van der Waals surface area contributed by atoms with Gasteiger partial charge >= 0.3 is 0 Å². The lowest BCUT2D eigenvalue weighted by Gasteiger charge is -2.19. The Morgan fingerprint density at radius 2 is 1.59 bits per heavy atom. The van der Waals surface area contributed by atoms with Crippen molar-refractivity contribution in [2.24, 2.45) is 0 Å². The van der Waals surface area contributed by atoms with Crippen molar-refractivity contribution < 1.29 is 14.3 Å². The summed E-state index contributed by atoms with van der Waals surface area (Å²) in [7, 11) is 0. The fourth-order valence-electron chi connectivity index (χ4n) is 2.88. The average molecular weight is 489 g/mol. The van der Waals surface area contributed by atoms with Crippen LogP contribution in [0.1, 0.15) is 16.8 Å². The van der Waals surface area contributed by atoms with Gasteiger partial charge in [-0.15, -0.1) is 0 Å². The number of halogens is 2. The molecule has 2 amide bonds. The summed E-state index contributed by atoms with van der Waals surface area (Å²) >= 11 is 13.8. The summed E-state index contributed by atoms with van der Waals surface area (Å²) in [5.74, 6) is 1.15. The molecule has 0 unspecified atom stereocenters. The van der Waals surface area contributed by atoms with Crippen molar-refractivity contribution in [2.75, 3.05) is 17.3 Å². The maximum Gasteiger partial charge on any atom is 0.253 e. The highest BCUT2D eigenvalue weighted by molar-refractivity contribution is 7.98. The van der Waals surface area contributed by atoms with Crippen LogP contribution < -0.4 is 15.4 Å². The summed E-state index contributed by atoms with van der Waals surface area (Å²) in [4.78, 5) is 25.5. The first-order chi connectivity index (χ1) is 15.5. The average Bonchev–Trinajstić information content (AvgIpc) is 2.79. The Morgan fingerprint density at radius 3 is 2.25 bits per heavy atom. The topological polar surface area (TPSA) is 67.4 Å². The number of hydrogen-bond donors (Lipinski definition) is 2. The third kappa shape index (κ3) is 6.66. The van der Waals surface area contributed by atoms with E-state index < -0.39 is 6.04 Å². The molecule has 0 aliphatic heterocycles. The molecule has 0 aliphatic carbocycles. The van der Waals surface area contributed by atoms with E-state index in [-0.39, 0.29) is 11.8 Å². The molecule has 0 saturated carbocycles. The Morgan fingerprint density at radius 1 is 0.938 bits per heavy atom. The third-order valence-electron chi connectivity index (χ3n) is 4.54. The van der Waals surface area contributed by atoms with Gasteiger partial charge in [0, 0.05) is 5.69 Å². The molecule has 166 valence electrons. The highest BCUT2D eigenvalue weighted by Crippen LogP contribution is 2.29. The molecule has 0 heterocycles. The molecule has 0 aliphatic rings. The van der Waals surface area contributed by atoms with Crippen molar-refractivity contribution in [3.05, 3.63) is 88.4 Å². The standard InChI is InChI=1S/C24H22Cl2N2O3S/c1-32-15-14-21(28-23(29)18-6-2-3-7-19(18)25)24(30)27-16-10-12-17(13-11-16)31-22-9-5-4-8-20(22)26/h2-13,21H,14-15H2,1H3,(H,27,30)(H,28,29)/t21-/m1/s1. The minimum absolute atomic E-state index is 0.306. The van der Waals surface area contributed by atoms with Crippen molar-refractivity contribution >= 4 is 52.5 Å². The number of carbonyl (C=O) groups is 2. The summed E-state index contributed by atoms with van der Waals surface area (Å²) in [6.45, 7) is 0. The van der Waals surface area contributed by atoms with E-state index in [0.717, 1.165) is 0 Å².